The molecule has 0 aliphatic heterocycles. The SMILES string of the molecule is Cc1ccc(O)c(-n2c3ccccc3c3ccccc32)c1.Cc1ccc(O)c(-n2c3ccccc3c3ccccc32)c1.[CH3-].[CH3-].[Hf].c1ccc(OCC2CCCCC2COc2ccccc2)cc1. The summed E-state index contributed by atoms with van der Waals surface area (Å²) in [6.07, 6.45) is 5.11. The second-order valence-electron chi connectivity index (χ2n) is 16.8. The van der Waals surface area contributed by atoms with E-state index in [4.69, 9.17) is 9.47 Å². The van der Waals surface area contributed by atoms with Crippen LogP contribution in [-0.2, 0) is 25.8 Å². The Morgan fingerprint density at radius 1 is 0.418 bits per heavy atom. The first-order chi connectivity index (χ1) is 31.4. The van der Waals surface area contributed by atoms with Crippen LogP contribution in [0.1, 0.15) is 36.8 Å². The minimum Gasteiger partial charge on any atom is -0.506 e. The maximum absolute atomic E-state index is 10.3. The van der Waals surface area contributed by atoms with E-state index >= 15 is 0 Å². The summed E-state index contributed by atoms with van der Waals surface area (Å²) in [6, 6.07) is 64.8. The van der Waals surface area contributed by atoms with Crippen LogP contribution >= 0.6 is 0 Å². The van der Waals surface area contributed by atoms with Crippen LogP contribution in [0, 0.1) is 40.5 Å². The van der Waals surface area contributed by atoms with E-state index in [1.165, 1.54) is 47.2 Å². The number of nitrogens with zero attached hydrogens (tertiary/aromatic N) is 2. The summed E-state index contributed by atoms with van der Waals surface area (Å²) < 4.78 is 16.2. The molecule has 1 aliphatic carbocycles. The van der Waals surface area contributed by atoms with Gasteiger partial charge in [0.05, 0.1) is 46.7 Å². The molecule has 2 unspecified atom stereocenters. The Morgan fingerprint density at radius 2 is 0.716 bits per heavy atom. The zero-order chi connectivity index (χ0) is 43.8. The van der Waals surface area contributed by atoms with Crippen molar-refractivity contribution in [1.29, 1.82) is 0 Å². The summed E-state index contributed by atoms with van der Waals surface area (Å²) in [4.78, 5) is 0. The molecule has 0 amide bonds. The molecule has 8 aromatic carbocycles. The molecular formula is C60H60HfN2O4-2. The number of aromatic nitrogens is 2. The van der Waals surface area contributed by atoms with Crippen molar-refractivity contribution in [2.24, 2.45) is 11.8 Å². The standard InChI is InChI=1S/C20H24O2.2C19H15NO.2CH3.Hf/c1-3-11-19(12-4-1)21-15-17-9-7-8-10-18(17)16-22-20-13-5-2-6-14-20;2*1-13-10-11-19(21)18(12-13)20-16-8-4-2-6-14(16)15-7-3-5-9-17(15)20;;;/h1-6,11-14,17-18H,7-10,15-16H2;2*2-12,21H,1H3;2*1H3;/q;;;2*-1;. The number of aromatic hydroxyl groups is 2. The second kappa shape index (κ2) is 23.2. The Bertz CT molecular complexity index is 2820. The van der Waals surface area contributed by atoms with Crippen molar-refractivity contribution in [1.82, 2.24) is 9.13 Å². The number of hydrogen-bond acceptors (Lipinski definition) is 4. The van der Waals surface area contributed by atoms with E-state index in [0.29, 0.717) is 23.3 Å². The summed E-state index contributed by atoms with van der Waals surface area (Å²) in [7, 11) is 0. The van der Waals surface area contributed by atoms with E-state index in [2.05, 4.69) is 81.9 Å². The van der Waals surface area contributed by atoms with Crippen molar-refractivity contribution in [3.05, 3.63) is 220 Å². The molecule has 1 aliphatic rings. The van der Waals surface area contributed by atoms with Crippen LogP contribution in [0.2, 0.25) is 0 Å². The molecule has 11 rings (SSSR count). The van der Waals surface area contributed by atoms with Gasteiger partial charge in [0.1, 0.15) is 23.0 Å². The minimum atomic E-state index is 0. The molecule has 1 saturated carbocycles. The van der Waals surface area contributed by atoms with Gasteiger partial charge in [-0.15, -0.1) is 0 Å². The average molecular weight is 1050 g/mol. The number of para-hydroxylation sites is 6. The van der Waals surface area contributed by atoms with Crippen LogP contribution in [0.15, 0.2) is 194 Å². The number of phenolic OH excluding ortho intramolecular Hbond substituents is 2. The van der Waals surface area contributed by atoms with Gasteiger partial charge in [0.25, 0.3) is 0 Å². The van der Waals surface area contributed by atoms with E-state index in [-0.39, 0.29) is 40.7 Å². The molecule has 6 nitrogen and oxygen atoms in total. The molecule has 1 fully saturated rings. The molecule has 0 saturated heterocycles. The summed E-state index contributed by atoms with van der Waals surface area (Å²) in [5.74, 6) is 3.72. The third-order valence-electron chi connectivity index (χ3n) is 12.4. The van der Waals surface area contributed by atoms with E-state index in [1.54, 1.807) is 12.1 Å². The maximum Gasteiger partial charge on any atom is 0.139 e. The van der Waals surface area contributed by atoms with Crippen molar-refractivity contribution in [2.75, 3.05) is 13.2 Å². The Morgan fingerprint density at radius 3 is 1.04 bits per heavy atom. The molecule has 2 heterocycles. The van der Waals surface area contributed by atoms with Crippen molar-refractivity contribution >= 4 is 43.6 Å². The molecular weight excluding hydrogens is 991 g/mol. The van der Waals surface area contributed by atoms with Gasteiger partial charge in [-0.2, -0.15) is 0 Å². The zero-order valence-electron chi connectivity index (χ0n) is 39.0. The average Bonchev–Trinajstić information content (AvgIpc) is 3.86. The normalized spacial score (nSPS) is 14.1. The fourth-order valence-electron chi connectivity index (χ4n) is 9.15. The first-order valence-electron chi connectivity index (χ1n) is 22.3. The maximum atomic E-state index is 10.3. The Labute approximate surface area is 414 Å². The van der Waals surface area contributed by atoms with Gasteiger partial charge in [0, 0.05) is 47.4 Å². The van der Waals surface area contributed by atoms with E-state index in [9.17, 15) is 10.2 Å². The number of hydrogen-bond donors (Lipinski definition) is 2. The Balaban J connectivity index is 0.000000162. The fourth-order valence-corrected chi connectivity index (χ4v) is 9.15. The van der Waals surface area contributed by atoms with Crippen LogP contribution in [0.3, 0.4) is 0 Å². The van der Waals surface area contributed by atoms with Gasteiger partial charge >= 0.3 is 0 Å². The Kier molecular flexibility index (Phi) is 17.3. The van der Waals surface area contributed by atoms with Crippen molar-refractivity contribution < 1.29 is 45.5 Å². The molecule has 2 N–H and O–H groups in total. The van der Waals surface area contributed by atoms with Crippen LogP contribution in [0.25, 0.3) is 55.0 Å². The predicted molar refractivity (Wildman–Crippen MR) is 277 cm³/mol. The number of phenols is 2. The number of fused-ring (bicyclic) bond motifs is 6. The van der Waals surface area contributed by atoms with Gasteiger partial charge in [-0.25, -0.2) is 0 Å². The van der Waals surface area contributed by atoms with Crippen molar-refractivity contribution in [3.63, 3.8) is 0 Å². The minimum absolute atomic E-state index is 0. The third-order valence-corrected chi connectivity index (χ3v) is 12.4. The van der Waals surface area contributed by atoms with Crippen LogP contribution in [0.5, 0.6) is 23.0 Å². The van der Waals surface area contributed by atoms with Crippen LogP contribution in [-0.4, -0.2) is 32.6 Å². The van der Waals surface area contributed by atoms with E-state index in [0.717, 1.165) is 69.3 Å². The van der Waals surface area contributed by atoms with Gasteiger partial charge in [-0.05, 0) is 122 Å². The molecule has 2 aromatic heterocycles. The van der Waals surface area contributed by atoms with Gasteiger partial charge < -0.3 is 43.7 Å². The molecule has 67 heavy (non-hydrogen) atoms. The van der Waals surface area contributed by atoms with Crippen molar-refractivity contribution in [2.45, 2.75) is 39.5 Å². The van der Waals surface area contributed by atoms with Crippen LogP contribution < -0.4 is 9.47 Å². The molecule has 2 atom stereocenters. The molecule has 340 valence electrons. The summed E-state index contributed by atoms with van der Waals surface area (Å²) in [5.41, 5.74) is 8.35. The van der Waals surface area contributed by atoms with E-state index < -0.39 is 0 Å². The molecule has 7 heteroatoms. The summed E-state index contributed by atoms with van der Waals surface area (Å²) in [6.45, 7) is 5.67. The number of ether oxygens (including phenoxy) is 2. The third kappa shape index (κ3) is 11.2. The topological polar surface area (TPSA) is 68.8 Å². The first kappa shape index (κ1) is 49.9. The van der Waals surface area contributed by atoms with E-state index in [1.807, 2.05) is 123 Å². The summed E-state index contributed by atoms with van der Waals surface area (Å²) >= 11 is 0. The summed E-state index contributed by atoms with van der Waals surface area (Å²) in [5, 5.41) is 25.4. The van der Waals surface area contributed by atoms with Crippen molar-refractivity contribution in [3.8, 4) is 34.4 Å². The molecule has 0 spiro atoms. The van der Waals surface area contributed by atoms with Gasteiger partial charge in [-0.3, -0.25) is 0 Å². The van der Waals surface area contributed by atoms with Gasteiger partial charge in [-0.1, -0.05) is 134 Å². The first-order valence-corrected chi connectivity index (χ1v) is 22.3. The zero-order valence-corrected chi connectivity index (χ0v) is 42.6. The monoisotopic (exact) mass is 1050 g/mol. The number of aryl methyl sites for hydroxylation is 2. The van der Waals surface area contributed by atoms with Crippen LogP contribution in [0.4, 0.5) is 0 Å². The largest absolute Gasteiger partial charge is 0.506 e. The molecule has 0 radical (unpaired) electrons. The Hall–Kier alpha value is -6.57. The molecule has 0 bridgehead atoms. The second-order valence-corrected chi connectivity index (χ2v) is 16.8. The smallest absolute Gasteiger partial charge is 0.139 e. The fraction of sp³-hybridized carbons (Fsp3) is 0.167. The quantitative estimate of drug-likeness (QED) is 0.118. The number of benzene rings is 8. The predicted octanol–water partition coefficient (Wildman–Crippen LogP) is 15.4. The molecule has 10 aromatic rings. The van der Waals surface area contributed by atoms with Gasteiger partial charge in [0.15, 0.2) is 0 Å². The number of rotatable bonds is 8. The van der Waals surface area contributed by atoms with Gasteiger partial charge in [0.2, 0.25) is 0 Å².